The van der Waals surface area contributed by atoms with Crippen molar-refractivity contribution in [2.24, 2.45) is 0 Å². The molecule has 0 saturated heterocycles. The first-order valence-electron chi connectivity index (χ1n) is 4.76. The smallest absolute Gasteiger partial charge is 0.255 e. The van der Waals surface area contributed by atoms with Gasteiger partial charge in [-0.1, -0.05) is 22.9 Å². The van der Waals surface area contributed by atoms with E-state index in [-0.39, 0.29) is 5.91 Å². The molecule has 2 nitrogen and oxygen atoms in total. The summed E-state index contributed by atoms with van der Waals surface area (Å²) < 4.78 is 1.84. The molecule has 1 rings (SSSR count). The molecule has 1 aromatic heterocycles. The van der Waals surface area contributed by atoms with Gasteiger partial charge >= 0.3 is 0 Å². The lowest BCUT2D eigenvalue weighted by Gasteiger charge is -2.17. The number of thiophene rings is 1. The second kappa shape index (κ2) is 6.52. The van der Waals surface area contributed by atoms with Crippen LogP contribution in [0, 0.1) is 0 Å². The fourth-order valence-electron chi connectivity index (χ4n) is 1.16. The Morgan fingerprint density at radius 1 is 1.56 bits per heavy atom. The van der Waals surface area contributed by atoms with Crippen LogP contribution >= 0.6 is 59.1 Å². The maximum Gasteiger partial charge on any atom is 0.255 e. The number of carbonyl (C=O) groups is 1. The van der Waals surface area contributed by atoms with Gasteiger partial charge < -0.3 is 4.90 Å². The van der Waals surface area contributed by atoms with Crippen LogP contribution in [0.3, 0.4) is 0 Å². The molecule has 1 aromatic rings. The summed E-state index contributed by atoms with van der Waals surface area (Å²) in [5, 5.41) is 0. The average Bonchev–Trinajstić information content (AvgIpc) is 2.53. The summed E-state index contributed by atoms with van der Waals surface area (Å²) in [6.45, 7) is 2.83. The fraction of sp³-hybridized carbons (Fsp3) is 0.500. The van der Waals surface area contributed by atoms with Crippen LogP contribution < -0.4 is 0 Å². The Labute approximate surface area is 125 Å². The highest BCUT2D eigenvalue weighted by molar-refractivity contribution is 9.12. The molecule has 0 aliphatic rings. The first kappa shape index (κ1) is 14.7. The van der Waals surface area contributed by atoms with Crippen molar-refractivity contribution in [1.29, 1.82) is 0 Å². The molecule has 6 heteroatoms. The van der Waals surface area contributed by atoms with Gasteiger partial charge in [0.2, 0.25) is 0 Å². The quantitative estimate of drug-likeness (QED) is 0.639. The topological polar surface area (TPSA) is 20.3 Å². The monoisotopic (exact) mass is 431 g/mol. The summed E-state index contributed by atoms with van der Waals surface area (Å²) in [7, 11) is 1.83. The Hall–Kier alpha value is 0.610. The van der Waals surface area contributed by atoms with Crippen molar-refractivity contribution >= 4 is 65.0 Å². The van der Waals surface area contributed by atoms with E-state index in [1.54, 1.807) is 4.90 Å². The molecule has 0 aliphatic heterocycles. The Morgan fingerprint density at radius 3 is 2.62 bits per heavy atom. The number of hydrogen-bond donors (Lipinski definition) is 0. The normalized spacial score (nSPS) is 12.6. The van der Waals surface area contributed by atoms with E-state index in [1.807, 2.05) is 13.1 Å². The van der Waals surface area contributed by atoms with Gasteiger partial charge in [-0.15, -0.1) is 11.3 Å². The van der Waals surface area contributed by atoms with Gasteiger partial charge in [-0.05, 0) is 44.3 Å². The molecule has 0 fully saturated rings. The SMILES string of the molecule is CC(Br)CCN(C)C(=O)c1cc(Br)sc1Br. The van der Waals surface area contributed by atoms with Crippen molar-refractivity contribution in [2.75, 3.05) is 13.6 Å². The van der Waals surface area contributed by atoms with Crippen LogP contribution in [-0.4, -0.2) is 29.2 Å². The van der Waals surface area contributed by atoms with Gasteiger partial charge in [-0.25, -0.2) is 0 Å². The number of hydrogen-bond acceptors (Lipinski definition) is 2. The van der Waals surface area contributed by atoms with Crippen molar-refractivity contribution in [2.45, 2.75) is 18.2 Å². The predicted octanol–water partition coefficient (Wildman–Crippen LogP) is 4.52. The lowest BCUT2D eigenvalue weighted by atomic mass is 10.2. The molecule has 0 spiro atoms. The second-order valence-corrected chi connectivity index (χ2v) is 8.85. The van der Waals surface area contributed by atoms with E-state index in [0.29, 0.717) is 4.83 Å². The maximum absolute atomic E-state index is 12.1. The zero-order valence-electron chi connectivity index (χ0n) is 8.97. The standard InChI is InChI=1S/C10H12Br3NOS/c1-6(11)3-4-14(2)10(15)7-5-8(12)16-9(7)13/h5-6H,3-4H2,1-2H3. The van der Waals surface area contributed by atoms with Crippen molar-refractivity contribution < 1.29 is 4.79 Å². The van der Waals surface area contributed by atoms with Gasteiger partial charge in [0.25, 0.3) is 5.91 Å². The van der Waals surface area contributed by atoms with Crippen molar-refractivity contribution in [3.05, 3.63) is 19.2 Å². The molecule has 0 aromatic carbocycles. The number of carbonyl (C=O) groups excluding carboxylic acids is 1. The number of rotatable bonds is 4. The van der Waals surface area contributed by atoms with Gasteiger partial charge in [-0.3, -0.25) is 4.79 Å². The molecular formula is C10H12Br3NOS. The molecule has 1 unspecified atom stereocenters. The zero-order chi connectivity index (χ0) is 12.3. The summed E-state index contributed by atoms with van der Waals surface area (Å²) in [6.07, 6.45) is 0.950. The number of nitrogens with zero attached hydrogens (tertiary/aromatic N) is 1. The summed E-state index contributed by atoms with van der Waals surface area (Å²) in [5.74, 6) is 0.0574. The highest BCUT2D eigenvalue weighted by atomic mass is 79.9. The third-order valence-corrected chi connectivity index (χ3v) is 4.89. The zero-order valence-corrected chi connectivity index (χ0v) is 14.5. The Kier molecular flexibility index (Phi) is 5.98. The van der Waals surface area contributed by atoms with Crippen LogP contribution in [0.25, 0.3) is 0 Å². The highest BCUT2D eigenvalue weighted by Crippen LogP contribution is 2.32. The van der Waals surface area contributed by atoms with Crippen LogP contribution in [0.5, 0.6) is 0 Å². The molecule has 0 aliphatic carbocycles. The molecule has 0 radical (unpaired) electrons. The van der Waals surface area contributed by atoms with E-state index in [1.165, 1.54) is 11.3 Å². The summed E-state index contributed by atoms with van der Waals surface area (Å²) >= 11 is 11.8. The van der Waals surface area contributed by atoms with Crippen molar-refractivity contribution in [3.8, 4) is 0 Å². The highest BCUT2D eigenvalue weighted by Gasteiger charge is 2.17. The van der Waals surface area contributed by atoms with E-state index in [4.69, 9.17) is 0 Å². The van der Waals surface area contributed by atoms with E-state index in [2.05, 4.69) is 54.7 Å². The van der Waals surface area contributed by atoms with Crippen LogP contribution in [-0.2, 0) is 0 Å². The second-order valence-electron chi connectivity index (χ2n) is 3.53. The molecular weight excluding hydrogens is 422 g/mol. The van der Waals surface area contributed by atoms with Crippen molar-refractivity contribution in [3.63, 3.8) is 0 Å². The van der Waals surface area contributed by atoms with Crippen LogP contribution in [0.1, 0.15) is 23.7 Å². The lowest BCUT2D eigenvalue weighted by molar-refractivity contribution is 0.0793. The number of halogens is 3. The lowest BCUT2D eigenvalue weighted by Crippen LogP contribution is -2.28. The van der Waals surface area contributed by atoms with E-state index in [9.17, 15) is 4.79 Å². The Bertz CT molecular complexity index is 378. The van der Waals surface area contributed by atoms with Gasteiger partial charge in [0.1, 0.15) is 0 Å². The predicted molar refractivity (Wildman–Crippen MR) is 79.7 cm³/mol. The van der Waals surface area contributed by atoms with Gasteiger partial charge in [0.15, 0.2) is 0 Å². The van der Waals surface area contributed by atoms with E-state index in [0.717, 1.165) is 26.1 Å². The molecule has 0 bridgehead atoms. The van der Waals surface area contributed by atoms with Crippen LogP contribution in [0.2, 0.25) is 0 Å². The molecule has 1 atom stereocenters. The number of alkyl halides is 1. The first-order valence-corrected chi connectivity index (χ1v) is 8.08. The minimum absolute atomic E-state index is 0.0574. The van der Waals surface area contributed by atoms with Gasteiger partial charge in [0, 0.05) is 18.4 Å². The van der Waals surface area contributed by atoms with Crippen LogP contribution in [0.4, 0.5) is 0 Å². The van der Waals surface area contributed by atoms with Crippen LogP contribution in [0.15, 0.2) is 13.6 Å². The molecule has 16 heavy (non-hydrogen) atoms. The Morgan fingerprint density at radius 2 is 2.19 bits per heavy atom. The molecule has 0 saturated carbocycles. The van der Waals surface area contributed by atoms with Crippen molar-refractivity contribution in [1.82, 2.24) is 4.90 Å². The number of amides is 1. The molecule has 1 heterocycles. The third kappa shape index (κ3) is 4.13. The summed E-state index contributed by atoms with van der Waals surface area (Å²) in [4.78, 5) is 14.2. The average molecular weight is 434 g/mol. The molecule has 0 N–H and O–H groups in total. The third-order valence-electron chi connectivity index (χ3n) is 2.10. The van der Waals surface area contributed by atoms with E-state index >= 15 is 0 Å². The minimum Gasteiger partial charge on any atom is -0.342 e. The van der Waals surface area contributed by atoms with Gasteiger partial charge in [-0.2, -0.15) is 0 Å². The summed E-state index contributed by atoms with van der Waals surface area (Å²) in [5.41, 5.74) is 0.724. The molecule has 1 amide bonds. The fourth-order valence-corrected chi connectivity index (χ4v) is 4.15. The summed E-state index contributed by atoms with van der Waals surface area (Å²) in [6, 6.07) is 1.85. The van der Waals surface area contributed by atoms with E-state index < -0.39 is 0 Å². The Balaban J connectivity index is 2.67. The maximum atomic E-state index is 12.1. The molecule has 90 valence electrons. The van der Waals surface area contributed by atoms with Gasteiger partial charge in [0.05, 0.1) is 13.1 Å². The minimum atomic E-state index is 0.0574. The largest absolute Gasteiger partial charge is 0.342 e. The first-order chi connectivity index (χ1) is 7.41.